The first-order valence-corrected chi connectivity index (χ1v) is 7.40. The summed E-state index contributed by atoms with van der Waals surface area (Å²) in [6, 6.07) is 2.53. The highest BCUT2D eigenvalue weighted by atomic mass is 32.2. The Morgan fingerprint density at radius 2 is 2.18 bits per heavy atom. The van der Waals surface area contributed by atoms with Crippen LogP contribution in [0.3, 0.4) is 0 Å². The molecule has 0 radical (unpaired) electrons. The standard InChI is InChI=1S/C12H22N4S/c1-5-10(8-17-4)16(3)12-7-11(13-6-2)14-9-15-12/h7,9-10H,5-6,8H2,1-4H3,(H,13,14,15). The Balaban J connectivity index is 2.79. The molecule has 17 heavy (non-hydrogen) atoms. The van der Waals surface area contributed by atoms with Gasteiger partial charge in [-0.15, -0.1) is 0 Å². The van der Waals surface area contributed by atoms with Gasteiger partial charge in [0.25, 0.3) is 0 Å². The first-order chi connectivity index (χ1) is 8.22. The van der Waals surface area contributed by atoms with Crippen molar-refractivity contribution in [3.63, 3.8) is 0 Å². The van der Waals surface area contributed by atoms with Crippen LogP contribution in [-0.2, 0) is 0 Å². The molecule has 5 heteroatoms. The molecule has 0 fully saturated rings. The summed E-state index contributed by atoms with van der Waals surface area (Å²) >= 11 is 1.87. The predicted molar refractivity (Wildman–Crippen MR) is 77.1 cm³/mol. The van der Waals surface area contributed by atoms with Gasteiger partial charge in [0.1, 0.15) is 18.0 Å². The van der Waals surface area contributed by atoms with Crippen LogP contribution in [-0.4, -0.2) is 41.6 Å². The Hall–Kier alpha value is -0.970. The third kappa shape index (κ3) is 4.07. The zero-order valence-corrected chi connectivity index (χ0v) is 11.9. The average molecular weight is 254 g/mol. The highest BCUT2D eigenvalue weighted by Gasteiger charge is 2.14. The number of rotatable bonds is 7. The van der Waals surface area contributed by atoms with Crippen molar-refractivity contribution in [2.45, 2.75) is 26.3 Å². The lowest BCUT2D eigenvalue weighted by Crippen LogP contribution is -2.33. The molecule has 0 saturated heterocycles. The van der Waals surface area contributed by atoms with Gasteiger partial charge in [-0.2, -0.15) is 11.8 Å². The number of thioether (sulfide) groups is 1. The fraction of sp³-hybridized carbons (Fsp3) is 0.667. The first kappa shape index (κ1) is 14.1. The van der Waals surface area contributed by atoms with E-state index < -0.39 is 0 Å². The first-order valence-electron chi connectivity index (χ1n) is 6.00. The highest BCUT2D eigenvalue weighted by Crippen LogP contribution is 2.18. The Morgan fingerprint density at radius 1 is 1.41 bits per heavy atom. The van der Waals surface area contributed by atoms with E-state index in [0.29, 0.717) is 6.04 Å². The lowest BCUT2D eigenvalue weighted by molar-refractivity contribution is 0.665. The second-order valence-corrected chi connectivity index (χ2v) is 4.83. The van der Waals surface area contributed by atoms with Gasteiger partial charge in [-0.3, -0.25) is 0 Å². The molecule has 96 valence electrons. The second kappa shape index (κ2) is 7.37. The zero-order chi connectivity index (χ0) is 12.7. The smallest absolute Gasteiger partial charge is 0.134 e. The quantitative estimate of drug-likeness (QED) is 0.809. The van der Waals surface area contributed by atoms with E-state index in [1.807, 2.05) is 17.8 Å². The van der Waals surface area contributed by atoms with Gasteiger partial charge in [-0.05, 0) is 19.6 Å². The molecule has 1 aromatic heterocycles. The van der Waals surface area contributed by atoms with Crippen molar-refractivity contribution >= 4 is 23.4 Å². The second-order valence-electron chi connectivity index (χ2n) is 3.92. The Kier molecular flexibility index (Phi) is 6.11. The van der Waals surface area contributed by atoms with E-state index in [9.17, 15) is 0 Å². The van der Waals surface area contributed by atoms with Gasteiger partial charge in [-0.25, -0.2) is 9.97 Å². The minimum Gasteiger partial charge on any atom is -0.370 e. The third-order valence-electron chi connectivity index (χ3n) is 2.75. The van der Waals surface area contributed by atoms with Gasteiger partial charge < -0.3 is 10.2 Å². The third-order valence-corrected chi connectivity index (χ3v) is 3.47. The molecule has 0 amide bonds. The van der Waals surface area contributed by atoms with E-state index in [1.54, 1.807) is 6.33 Å². The van der Waals surface area contributed by atoms with E-state index in [-0.39, 0.29) is 0 Å². The molecule has 1 rings (SSSR count). The van der Waals surface area contributed by atoms with Crippen LogP contribution in [0.4, 0.5) is 11.6 Å². The number of aromatic nitrogens is 2. The summed E-state index contributed by atoms with van der Waals surface area (Å²) in [7, 11) is 2.10. The van der Waals surface area contributed by atoms with Gasteiger partial charge in [0.2, 0.25) is 0 Å². The lowest BCUT2D eigenvalue weighted by atomic mass is 10.2. The molecule has 1 unspecified atom stereocenters. The van der Waals surface area contributed by atoms with E-state index >= 15 is 0 Å². The maximum Gasteiger partial charge on any atom is 0.134 e. The molecule has 0 aromatic carbocycles. The summed E-state index contributed by atoms with van der Waals surface area (Å²) < 4.78 is 0. The molecule has 1 aromatic rings. The Labute approximate surface area is 108 Å². The van der Waals surface area contributed by atoms with Crippen LogP contribution in [0.2, 0.25) is 0 Å². The van der Waals surface area contributed by atoms with E-state index in [2.05, 4.69) is 47.3 Å². The summed E-state index contributed by atoms with van der Waals surface area (Å²) in [5.41, 5.74) is 0. The summed E-state index contributed by atoms with van der Waals surface area (Å²) in [5.74, 6) is 2.99. The Morgan fingerprint density at radius 3 is 2.76 bits per heavy atom. The van der Waals surface area contributed by atoms with Gasteiger partial charge in [-0.1, -0.05) is 6.92 Å². The summed E-state index contributed by atoms with van der Waals surface area (Å²) in [6.45, 7) is 5.15. The molecule has 0 saturated carbocycles. The maximum atomic E-state index is 4.34. The summed E-state index contributed by atoms with van der Waals surface area (Å²) in [6.07, 6.45) is 4.88. The topological polar surface area (TPSA) is 41.0 Å². The SMILES string of the molecule is CCNc1cc(N(C)C(CC)CSC)ncn1. The Bertz CT molecular complexity index is 332. The fourth-order valence-electron chi connectivity index (χ4n) is 1.70. The molecule has 0 aliphatic heterocycles. The lowest BCUT2D eigenvalue weighted by Gasteiger charge is -2.27. The van der Waals surface area contributed by atoms with Crippen molar-refractivity contribution in [1.82, 2.24) is 9.97 Å². The van der Waals surface area contributed by atoms with Crippen LogP contribution in [0.5, 0.6) is 0 Å². The van der Waals surface area contributed by atoms with Gasteiger partial charge in [0, 0.05) is 31.5 Å². The molecule has 4 nitrogen and oxygen atoms in total. The van der Waals surface area contributed by atoms with Crippen LogP contribution in [0.15, 0.2) is 12.4 Å². The number of nitrogens with zero attached hydrogens (tertiary/aromatic N) is 3. The molecular weight excluding hydrogens is 232 g/mol. The van der Waals surface area contributed by atoms with Crippen molar-refractivity contribution in [1.29, 1.82) is 0 Å². The maximum absolute atomic E-state index is 4.34. The molecule has 1 atom stereocenters. The van der Waals surface area contributed by atoms with E-state index in [0.717, 1.165) is 30.4 Å². The van der Waals surface area contributed by atoms with Crippen molar-refractivity contribution < 1.29 is 0 Å². The number of anilines is 2. The molecule has 1 heterocycles. The van der Waals surface area contributed by atoms with E-state index in [4.69, 9.17) is 0 Å². The number of nitrogens with one attached hydrogen (secondary N) is 1. The normalized spacial score (nSPS) is 12.2. The van der Waals surface area contributed by atoms with Crippen molar-refractivity contribution in [2.24, 2.45) is 0 Å². The minimum atomic E-state index is 0.523. The molecule has 0 aliphatic rings. The highest BCUT2D eigenvalue weighted by molar-refractivity contribution is 7.98. The molecular formula is C12H22N4S. The number of hydrogen-bond acceptors (Lipinski definition) is 5. The van der Waals surface area contributed by atoms with Gasteiger partial charge in [0.05, 0.1) is 0 Å². The van der Waals surface area contributed by atoms with Crippen LogP contribution >= 0.6 is 11.8 Å². The largest absolute Gasteiger partial charge is 0.370 e. The van der Waals surface area contributed by atoms with Crippen molar-refractivity contribution in [2.75, 3.05) is 35.8 Å². The van der Waals surface area contributed by atoms with Gasteiger partial charge >= 0.3 is 0 Å². The molecule has 0 aliphatic carbocycles. The number of hydrogen-bond donors (Lipinski definition) is 1. The molecule has 0 bridgehead atoms. The van der Waals surface area contributed by atoms with Crippen LogP contribution < -0.4 is 10.2 Å². The predicted octanol–water partition coefficient (Wildman–Crippen LogP) is 2.49. The zero-order valence-electron chi connectivity index (χ0n) is 11.1. The fourth-order valence-corrected chi connectivity index (χ4v) is 2.54. The van der Waals surface area contributed by atoms with Crippen molar-refractivity contribution in [3.05, 3.63) is 12.4 Å². The molecule has 0 spiro atoms. The monoisotopic (exact) mass is 254 g/mol. The van der Waals surface area contributed by atoms with Crippen LogP contribution in [0, 0.1) is 0 Å². The summed E-state index contributed by atoms with van der Waals surface area (Å²) in [5, 5.41) is 3.21. The average Bonchev–Trinajstić information content (AvgIpc) is 2.36. The van der Waals surface area contributed by atoms with Crippen molar-refractivity contribution in [3.8, 4) is 0 Å². The van der Waals surface area contributed by atoms with Gasteiger partial charge in [0.15, 0.2) is 0 Å². The summed E-state index contributed by atoms with van der Waals surface area (Å²) in [4.78, 5) is 10.8. The van der Waals surface area contributed by atoms with Crippen LogP contribution in [0.1, 0.15) is 20.3 Å². The van der Waals surface area contributed by atoms with Crippen LogP contribution in [0.25, 0.3) is 0 Å². The molecule has 1 N–H and O–H groups in total. The minimum absolute atomic E-state index is 0.523. The van der Waals surface area contributed by atoms with E-state index in [1.165, 1.54) is 0 Å².